The van der Waals surface area contributed by atoms with E-state index in [1.54, 1.807) is 33.5 Å². The van der Waals surface area contributed by atoms with E-state index in [-0.39, 0.29) is 18.3 Å². The molecule has 1 fully saturated rings. The summed E-state index contributed by atoms with van der Waals surface area (Å²) in [5.74, 6) is 0. The number of fused-ring (bicyclic) bond motifs is 1. The fourth-order valence-corrected chi connectivity index (χ4v) is 4.30. The molecule has 1 N–H and O–H groups in total. The average Bonchev–Trinajstić information content (AvgIpc) is 3.41. The molecule has 2 aromatic carbocycles. The van der Waals surface area contributed by atoms with E-state index in [9.17, 15) is 14.7 Å². The molecule has 158 valence electrons. The maximum atomic E-state index is 13.5. The summed E-state index contributed by atoms with van der Waals surface area (Å²) < 4.78 is 3.24. The smallest absolute Gasteiger partial charge is 0.407 e. The molecule has 8 heteroatoms. The van der Waals surface area contributed by atoms with Gasteiger partial charge in [0.2, 0.25) is 0 Å². The highest BCUT2D eigenvalue weighted by molar-refractivity contribution is 5.75. The van der Waals surface area contributed by atoms with Crippen LogP contribution in [0.15, 0.2) is 71.7 Å². The molecule has 3 heterocycles. The first kappa shape index (κ1) is 19.6. The Labute approximate surface area is 183 Å². The van der Waals surface area contributed by atoms with Crippen LogP contribution in [0.1, 0.15) is 18.0 Å². The van der Waals surface area contributed by atoms with Gasteiger partial charge < -0.3 is 10.0 Å². The zero-order chi connectivity index (χ0) is 22.2. The van der Waals surface area contributed by atoms with Crippen LogP contribution < -0.4 is 5.69 Å². The first-order valence-corrected chi connectivity index (χ1v) is 10.2. The van der Waals surface area contributed by atoms with Crippen molar-refractivity contribution in [2.24, 2.45) is 0 Å². The zero-order valence-corrected chi connectivity index (χ0v) is 17.0. The Kier molecular flexibility index (Phi) is 4.71. The van der Waals surface area contributed by atoms with Gasteiger partial charge in [0.15, 0.2) is 5.65 Å². The van der Waals surface area contributed by atoms with Crippen molar-refractivity contribution >= 4 is 17.3 Å². The number of aromatic nitrogens is 3. The van der Waals surface area contributed by atoms with Gasteiger partial charge in [-0.15, -0.1) is 0 Å². The molecule has 1 atom stereocenters. The first-order valence-electron chi connectivity index (χ1n) is 10.2. The van der Waals surface area contributed by atoms with Gasteiger partial charge in [0.1, 0.15) is 0 Å². The lowest BCUT2D eigenvalue weighted by molar-refractivity contribution is 0.154. The van der Waals surface area contributed by atoms with Crippen LogP contribution in [0.25, 0.3) is 28.0 Å². The summed E-state index contributed by atoms with van der Waals surface area (Å²) >= 11 is 0. The highest BCUT2D eigenvalue weighted by Gasteiger charge is 2.31. The van der Waals surface area contributed by atoms with E-state index in [0.29, 0.717) is 35.4 Å². The molecule has 0 radical (unpaired) electrons. The maximum absolute atomic E-state index is 13.5. The van der Waals surface area contributed by atoms with Gasteiger partial charge in [-0.2, -0.15) is 5.26 Å². The number of hydrogen-bond acceptors (Lipinski definition) is 4. The van der Waals surface area contributed by atoms with Crippen molar-refractivity contribution < 1.29 is 9.90 Å². The molecular formula is C24H19N5O3. The minimum Gasteiger partial charge on any atom is -0.465 e. The number of nitrogens with zero attached hydrogens (tertiary/aromatic N) is 5. The number of pyridine rings is 1. The largest absolute Gasteiger partial charge is 0.465 e. The van der Waals surface area contributed by atoms with E-state index in [4.69, 9.17) is 5.26 Å². The van der Waals surface area contributed by atoms with Crippen molar-refractivity contribution in [1.82, 2.24) is 19.0 Å². The lowest BCUT2D eigenvalue weighted by atomic mass is 10.0. The van der Waals surface area contributed by atoms with Crippen molar-refractivity contribution in [2.45, 2.75) is 12.5 Å². The molecule has 0 saturated carbocycles. The Morgan fingerprint density at radius 1 is 1.06 bits per heavy atom. The minimum atomic E-state index is -0.976. The van der Waals surface area contributed by atoms with Crippen LogP contribution in [0.4, 0.5) is 4.79 Å². The third-order valence-corrected chi connectivity index (χ3v) is 5.90. The lowest BCUT2D eigenvalue weighted by Crippen LogP contribution is -2.31. The lowest BCUT2D eigenvalue weighted by Gasteiger charge is -2.13. The fraction of sp³-hybridized carbons (Fsp3) is 0.167. The van der Waals surface area contributed by atoms with E-state index >= 15 is 0 Å². The summed E-state index contributed by atoms with van der Waals surface area (Å²) in [4.78, 5) is 30.6. The number of likely N-dealkylation sites (tertiary alicyclic amines) is 1. The number of rotatable bonds is 3. The molecule has 32 heavy (non-hydrogen) atoms. The summed E-state index contributed by atoms with van der Waals surface area (Å²) in [5.41, 5.74) is 4.25. The highest BCUT2D eigenvalue weighted by atomic mass is 16.4. The molecule has 0 bridgehead atoms. The number of carboxylic acid groups (broad SMARTS) is 1. The molecule has 2 aromatic heterocycles. The second-order valence-corrected chi connectivity index (χ2v) is 7.74. The van der Waals surface area contributed by atoms with Crippen molar-refractivity contribution in [3.05, 3.63) is 82.9 Å². The van der Waals surface area contributed by atoms with Crippen LogP contribution in [0.2, 0.25) is 0 Å². The Morgan fingerprint density at radius 2 is 1.75 bits per heavy atom. The van der Waals surface area contributed by atoms with Gasteiger partial charge in [0, 0.05) is 19.3 Å². The van der Waals surface area contributed by atoms with Gasteiger partial charge in [-0.25, -0.2) is 14.6 Å². The number of carbonyl (C=O) groups is 1. The van der Waals surface area contributed by atoms with E-state index < -0.39 is 6.09 Å². The summed E-state index contributed by atoms with van der Waals surface area (Å²) in [5, 5.41) is 18.3. The second kappa shape index (κ2) is 7.71. The minimum absolute atomic E-state index is 0.234. The SMILES string of the molecule is N#Cc1ccc(-c2ccc(-n3c(=O)n([C@H]4CCN(C(=O)O)C4)c4ncccc43)cc2)cc1. The summed E-state index contributed by atoms with van der Waals surface area (Å²) in [6, 6.07) is 20.4. The van der Waals surface area contributed by atoms with Crippen LogP contribution in [-0.2, 0) is 0 Å². The Hall–Kier alpha value is -4.38. The molecular weight excluding hydrogens is 406 g/mol. The fourth-order valence-electron chi connectivity index (χ4n) is 4.30. The van der Waals surface area contributed by atoms with Gasteiger partial charge in [0.05, 0.1) is 28.9 Å². The van der Waals surface area contributed by atoms with E-state index in [1.807, 2.05) is 42.5 Å². The van der Waals surface area contributed by atoms with E-state index in [1.165, 1.54) is 4.90 Å². The van der Waals surface area contributed by atoms with Crippen LogP contribution in [0, 0.1) is 11.3 Å². The number of imidazole rings is 1. The maximum Gasteiger partial charge on any atom is 0.407 e. The zero-order valence-electron chi connectivity index (χ0n) is 17.0. The van der Waals surface area contributed by atoms with Crippen LogP contribution in [0.3, 0.4) is 0 Å². The van der Waals surface area contributed by atoms with Gasteiger partial charge in [-0.3, -0.25) is 9.13 Å². The van der Waals surface area contributed by atoms with Crippen LogP contribution in [0.5, 0.6) is 0 Å². The first-order chi connectivity index (χ1) is 15.6. The highest BCUT2D eigenvalue weighted by Crippen LogP contribution is 2.27. The van der Waals surface area contributed by atoms with Gasteiger partial charge in [0.25, 0.3) is 0 Å². The van der Waals surface area contributed by atoms with Crippen molar-refractivity contribution in [3.8, 4) is 22.9 Å². The van der Waals surface area contributed by atoms with Crippen LogP contribution in [-0.4, -0.2) is 43.3 Å². The number of hydrogen-bond donors (Lipinski definition) is 1. The summed E-state index contributed by atoms with van der Waals surface area (Å²) in [6.07, 6.45) is 1.23. The number of amides is 1. The number of benzene rings is 2. The molecule has 1 aliphatic rings. The average molecular weight is 425 g/mol. The Bertz CT molecular complexity index is 1410. The van der Waals surface area contributed by atoms with Gasteiger partial charge >= 0.3 is 11.8 Å². The molecule has 0 aliphatic carbocycles. The van der Waals surface area contributed by atoms with E-state index in [0.717, 1.165) is 11.1 Å². The predicted octanol–water partition coefficient (Wildman–Crippen LogP) is 3.65. The standard InChI is InChI=1S/C24H19N5O3/c25-14-16-3-5-17(6-4-16)18-7-9-19(10-8-18)28-21-2-1-12-26-22(21)29(23(28)30)20-11-13-27(15-20)24(31)32/h1-10,12,20H,11,13,15H2,(H,31,32)/t20-/m0/s1. The summed E-state index contributed by atoms with van der Waals surface area (Å²) in [7, 11) is 0. The molecule has 0 unspecified atom stereocenters. The van der Waals surface area contributed by atoms with E-state index in [2.05, 4.69) is 11.1 Å². The molecule has 0 spiro atoms. The van der Waals surface area contributed by atoms with Gasteiger partial charge in [-0.05, 0) is 53.9 Å². The predicted molar refractivity (Wildman–Crippen MR) is 119 cm³/mol. The Morgan fingerprint density at radius 3 is 2.38 bits per heavy atom. The molecule has 8 nitrogen and oxygen atoms in total. The Balaban J connectivity index is 1.56. The molecule has 1 aliphatic heterocycles. The summed E-state index contributed by atoms with van der Waals surface area (Å²) in [6.45, 7) is 0.661. The quantitative estimate of drug-likeness (QED) is 0.540. The normalized spacial score (nSPS) is 15.7. The van der Waals surface area contributed by atoms with Crippen molar-refractivity contribution in [1.29, 1.82) is 5.26 Å². The third-order valence-electron chi connectivity index (χ3n) is 5.90. The number of nitriles is 1. The monoisotopic (exact) mass is 425 g/mol. The van der Waals surface area contributed by atoms with Gasteiger partial charge in [-0.1, -0.05) is 24.3 Å². The third kappa shape index (κ3) is 3.20. The van der Waals surface area contributed by atoms with Crippen molar-refractivity contribution in [3.63, 3.8) is 0 Å². The van der Waals surface area contributed by atoms with Crippen LogP contribution >= 0.6 is 0 Å². The molecule has 5 rings (SSSR count). The molecule has 1 amide bonds. The topological polar surface area (TPSA) is 104 Å². The second-order valence-electron chi connectivity index (χ2n) is 7.74. The van der Waals surface area contributed by atoms with Crippen molar-refractivity contribution in [2.75, 3.05) is 13.1 Å². The molecule has 4 aromatic rings. The molecule has 1 saturated heterocycles.